The van der Waals surface area contributed by atoms with Gasteiger partial charge in [-0.1, -0.05) is 6.07 Å². The second-order valence-electron chi connectivity index (χ2n) is 6.37. The highest BCUT2D eigenvalue weighted by Crippen LogP contribution is 2.32. The number of carbonyl (C=O) groups excluding carboxylic acids is 1. The maximum absolute atomic E-state index is 12.6. The van der Waals surface area contributed by atoms with E-state index in [-0.39, 0.29) is 17.9 Å². The number of rotatable bonds is 4. The number of ether oxygens (including phenoxy) is 1. The Morgan fingerprint density at radius 1 is 1.36 bits per heavy atom. The highest BCUT2D eigenvalue weighted by Gasteiger charge is 2.30. The molecule has 1 amide bonds. The van der Waals surface area contributed by atoms with E-state index >= 15 is 0 Å². The van der Waals surface area contributed by atoms with E-state index < -0.39 is 0 Å². The van der Waals surface area contributed by atoms with Gasteiger partial charge >= 0.3 is 0 Å². The lowest BCUT2D eigenvalue weighted by molar-refractivity contribution is -0.0317. The van der Waals surface area contributed by atoms with Crippen molar-refractivity contribution in [2.45, 2.75) is 18.9 Å². The first-order chi connectivity index (χ1) is 12.2. The molecule has 0 aliphatic carbocycles. The molecule has 1 N–H and O–H groups in total. The Bertz CT molecular complexity index is 884. The largest absolute Gasteiger partial charge is 0.372 e. The van der Waals surface area contributed by atoms with Crippen LogP contribution in [-0.4, -0.2) is 38.5 Å². The maximum atomic E-state index is 12.6. The summed E-state index contributed by atoms with van der Waals surface area (Å²) in [5, 5.41) is 11.5. The summed E-state index contributed by atoms with van der Waals surface area (Å²) in [5.74, 6) is 0.130. The number of hydrogen-bond donors (Lipinski definition) is 1. The molecule has 1 fully saturated rings. The summed E-state index contributed by atoms with van der Waals surface area (Å²) in [4.78, 5) is 12.6. The molecule has 7 heteroatoms. The van der Waals surface area contributed by atoms with Crippen molar-refractivity contribution in [2.75, 3.05) is 13.2 Å². The summed E-state index contributed by atoms with van der Waals surface area (Å²) in [6, 6.07) is 7.67. The zero-order valence-corrected chi connectivity index (χ0v) is 14.1. The molecule has 0 saturated carbocycles. The van der Waals surface area contributed by atoms with Gasteiger partial charge in [-0.25, -0.2) is 4.52 Å². The topological polar surface area (TPSA) is 73.4 Å². The van der Waals surface area contributed by atoms with Crippen molar-refractivity contribution in [1.82, 2.24) is 24.7 Å². The molecule has 0 bridgehead atoms. The number of aromatic nitrogens is 4. The zero-order chi connectivity index (χ0) is 17.2. The van der Waals surface area contributed by atoms with Gasteiger partial charge in [0.05, 0.1) is 23.0 Å². The van der Waals surface area contributed by atoms with Gasteiger partial charge < -0.3 is 10.1 Å². The van der Waals surface area contributed by atoms with Crippen molar-refractivity contribution < 1.29 is 9.53 Å². The molecule has 1 saturated heterocycles. The molecule has 7 nitrogen and oxygen atoms in total. The number of nitrogens with zero attached hydrogens (tertiary/aromatic N) is 4. The van der Waals surface area contributed by atoms with Crippen LogP contribution < -0.4 is 5.32 Å². The first-order valence-electron chi connectivity index (χ1n) is 8.54. The first kappa shape index (κ1) is 15.8. The SMILES string of the molecule is Cn1nccc1[C@@H]1OCCC[C@H]1CNC(=O)c1cnn2ccccc12. The minimum atomic E-state index is -0.101. The van der Waals surface area contributed by atoms with E-state index in [2.05, 4.69) is 15.5 Å². The van der Waals surface area contributed by atoms with Crippen molar-refractivity contribution in [2.24, 2.45) is 13.0 Å². The van der Waals surface area contributed by atoms with E-state index in [9.17, 15) is 4.79 Å². The number of amides is 1. The molecule has 0 aromatic carbocycles. The van der Waals surface area contributed by atoms with Crippen LogP contribution in [0.3, 0.4) is 0 Å². The predicted molar refractivity (Wildman–Crippen MR) is 92.2 cm³/mol. The second kappa shape index (κ2) is 6.68. The van der Waals surface area contributed by atoms with Gasteiger partial charge in [0.25, 0.3) is 5.91 Å². The Morgan fingerprint density at radius 2 is 2.28 bits per heavy atom. The van der Waals surface area contributed by atoms with Gasteiger partial charge in [-0.05, 0) is 31.0 Å². The third-order valence-corrected chi connectivity index (χ3v) is 4.79. The van der Waals surface area contributed by atoms with Crippen LogP contribution in [0.25, 0.3) is 5.52 Å². The molecule has 1 aliphatic rings. The van der Waals surface area contributed by atoms with Gasteiger partial charge in [0.2, 0.25) is 0 Å². The lowest BCUT2D eigenvalue weighted by Crippen LogP contribution is -2.35. The molecule has 3 aromatic heterocycles. The van der Waals surface area contributed by atoms with Gasteiger partial charge in [0, 0.05) is 38.5 Å². The van der Waals surface area contributed by atoms with Gasteiger partial charge in [-0.2, -0.15) is 10.2 Å². The van der Waals surface area contributed by atoms with E-state index in [1.54, 1.807) is 16.9 Å². The van der Waals surface area contributed by atoms with Crippen LogP contribution in [0.15, 0.2) is 42.9 Å². The molecule has 4 heterocycles. The van der Waals surface area contributed by atoms with Crippen LogP contribution >= 0.6 is 0 Å². The number of aryl methyl sites for hydroxylation is 1. The molecular weight excluding hydrogens is 318 g/mol. The monoisotopic (exact) mass is 339 g/mol. The zero-order valence-electron chi connectivity index (χ0n) is 14.1. The smallest absolute Gasteiger partial charge is 0.255 e. The standard InChI is InChI=1S/C18H21N5O2/c1-22-16(7-8-20-22)17-13(5-4-10-25-17)11-19-18(24)14-12-21-23-9-3-2-6-15(14)23/h2-3,6-9,12-13,17H,4-5,10-11H2,1H3,(H,19,24)/t13-,17+/m0/s1. The highest BCUT2D eigenvalue weighted by molar-refractivity contribution is 6.00. The van der Waals surface area contributed by atoms with E-state index in [0.29, 0.717) is 12.1 Å². The Balaban J connectivity index is 1.47. The van der Waals surface area contributed by atoms with Crippen molar-refractivity contribution >= 4 is 11.4 Å². The summed E-state index contributed by atoms with van der Waals surface area (Å²) in [7, 11) is 1.92. The molecule has 4 rings (SSSR count). The quantitative estimate of drug-likeness (QED) is 0.789. The van der Waals surface area contributed by atoms with Crippen molar-refractivity contribution in [3.63, 3.8) is 0 Å². The minimum Gasteiger partial charge on any atom is -0.372 e. The second-order valence-corrected chi connectivity index (χ2v) is 6.37. The molecule has 1 aliphatic heterocycles. The Morgan fingerprint density at radius 3 is 3.12 bits per heavy atom. The minimum absolute atomic E-state index is 0.0366. The molecule has 25 heavy (non-hydrogen) atoms. The molecule has 2 atom stereocenters. The van der Waals surface area contributed by atoms with Crippen molar-refractivity contribution in [3.8, 4) is 0 Å². The van der Waals surface area contributed by atoms with Crippen LogP contribution in [0.2, 0.25) is 0 Å². The first-order valence-corrected chi connectivity index (χ1v) is 8.54. The van der Waals surface area contributed by atoms with Crippen LogP contribution in [0.1, 0.15) is 35.0 Å². The predicted octanol–water partition coefficient (Wildman–Crippen LogP) is 1.97. The number of nitrogens with one attached hydrogen (secondary N) is 1. The molecule has 130 valence electrons. The molecule has 3 aromatic rings. The van der Waals surface area contributed by atoms with Crippen molar-refractivity contribution in [3.05, 3.63) is 54.1 Å². The van der Waals surface area contributed by atoms with Gasteiger partial charge in [0.15, 0.2) is 0 Å². The number of fused-ring (bicyclic) bond motifs is 1. The van der Waals surface area contributed by atoms with E-state index in [4.69, 9.17) is 4.74 Å². The van der Waals surface area contributed by atoms with Crippen LogP contribution in [0.5, 0.6) is 0 Å². The van der Waals surface area contributed by atoms with E-state index in [1.807, 2.05) is 42.2 Å². The number of pyridine rings is 1. The van der Waals surface area contributed by atoms with Gasteiger partial charge in [-0.15, -0.1) is 0 Å². The summed E-state index contributed by atoms with van der Waals surface area (Å²) in [6.45, 7) is 1.31. The Kier molecular flexibility index (Phi) is 4.23. The summed E-state index contributed by atoms with van der Waals surface area (Å²) in [5.41, 5.74) is 2.45. The molecule has 0 radical (unpaired) electrons. The lowest BCUT2D eigenvalue weighted by Gasteiger charge is -2.31. The fourth-order valence-corrected chi connectivity index (χ4v) is 3.47. The Labute approximate surface area is 145 Å². The van der Waals surface area contributed by atoms with Crippen LogP contribution in [-0.2, 0) is 11.8 Å². The van der Waals surface area contributed by atoms with Crippen molar-refractivity contribution in [1.29, 1.82) is 0 Å². The average Bonchev–Trinajstić information content (AvgIpc) is 3.26. The normalized spacial score (nSPS) is 20.7. The lowest BCUT2D eigenvalue weighted by atomic mass is 9.92. The van der Waals surface area contributed by atoms with Gasteiger partial charge in [-0.3, -0.25) is 9.48 Å². The highest BCUT2D eigenvalue weighted by atomic mass is 16.5. The van der Waals surface area contributed by atoms with Gasteiger partial charge in [0.1, 0.15) is 6.10 Å². The fourth-order valence-electron chi connectivity index (χ4n) is 3.47. The summed E-state index contributed by atoms with van der Waals surface area (Å²) < 4.78 is 9.53. The fraction of sp³-hybridized carbons (Fsp3) is 0.389. The summed E-state index contributed by atoms with van der Waals surface area (Å²) in [6.07, 6.45) is 7.21. The Hall–Kier alpha value is -2.67. The number of carbonyl (C=O) groups is 1. The number of hydrogen-bond acceptors (Lipinski definition) is 4. The van der Waals surface area contributed by atoms with Crippen LogP contribution in [0, 0.1) is 5.92 Å². The summed E-state index contributed by atoms with van der Waals surface area (Å²) >= 11 is 0. The maximum Gasteiger partial charge on any atom is 0.255 e. The third kappa shape index (κ3) is 3.02. The van der Waals surface area contributed by atoms with Crippen LogP contribution in [0.4, 0.5) is 0 Å². The molecular formula is C18H21N5O2. The molecule has 0 unspecified atom stereocenters. The van der Waals surface area contributed by atoms with E-state index in [1.165, 1.54) is 0 Å². The average molecular weight is 339 g/mol. The van der Waals surface area contributed by atoms with E-state index in [0.717, 1.165) is 30.7 Å². The molecule has 0 spiro atoms. The third-order valence-electron chi connectivity index (χ3n) is 4.79.